The molecule has 0 aliphatic rings. The Bertz CT molecular complexity index is 745. The number of hydrogen-bond donors (Lipinski definition) is 1. The SMILES string of the molecule is CNC(Cc1ccc2ccccc2c1)c1cccc(C)c1. The topological polar surface area (TPSA) is 12.0 Å². The van der Waals surface area contributed by atoms with Crippen LogP contribution in [0.5, 0.6) is 0 Å². The second kappa shape index (κ2) is 6.11. The van der Waals surface area contributed by atoms with Gasteiger partial charge >= 0.3 is 0 Å². The molecule has 0 heterocycles. The van der Waals surface area contributed by atoms with Crippen molar-refractivity contribution in [2.75, 3.05) is 7.05 Å². The molecule has 0 radical (unpaired) electrons. The Morgan fingerprint density at radius 3 is 2.43 bits per heavy atom. The van der Waals surface area contributed by atoms with Crippen molar-refractivity contribution in [1.29, 1.82) is 0 Å². The Morgan fingerprint density at radius 1 is 0.857 bits per heavy atom. The number of fused-ring (bicyclic) bond motifs is 1. The van der Waals surface area contributed by atoms with Crippen molar-refractivity contribution in [1.82, 2.24) is 5.32 Å². The van der Waals surface area contributed by atoms with Gasteiger partial charge in [-0.3, -0.25) is 0 Å². The van der Waals surface area contributed by atoms with Gasteiger partial charge in [0, 0.05) is 6.04 Å². The van der Waals surface area contributed by atoms with Gasteiger partial charge in [-0.15, -0.1) is 0 Å². The lowest BCUT2D eigenvalue weighted by Gasteiger charge is -2.17. The molecule has 1 nitrogen and oxygen atoms in total. The fourth-order valence-corrected chi connectivity index (χ4v) is 2.87. The number of likely N-dealkylation sites (N-methyl/N-ethyl adjacent to an activating group) is 1. The normalized spacial score (nSPS) is 12.5. The van der Waals surface area contributed by atoms with Crippen molar-refractivity contribution in [2.24, 2.45) is 0 Å². The molecule has 0 saturated carbocycles. The van der Waals surface area contributed by atoms with Crippen LogP contribution < -0.4 is 5.32 Å². The number of rotatable bonds is 4. The monoisotopic (exact) mass is 275 g/mol. The van der Waals surface area contributed by atoms with Crippen LogP contribution in [0.2, 0.25) is 0 Å². The van der Waals surface area contributed by atoms with Gasteiger partial charge in [-0.25, -0.2) is 0 Å². The Morgan fingerprint density at radius 2 is 1.67 bits per heavy atom. The average molecular weight is 275 g/mol. The molecule has 1 N–H and O–H groups in total. The molecule has 0 aromatic heterocycles. The first-order chi connectivity index (χ1) is 10.3. The third-order valence-electron chi connectivity index (χ3n) is 4.05. The summed E-state index contributed by atoms with van der Waals surface area (Å²) in [7, 11) is 2.04. The van der Waals surface area contributed by atoms with E-state index in [9.17, 15) is 0 Å². The van der Waals surface area contributed by atoms with Gasteiger partial charge in [-0.05, 0) is 42.3 Å². The summed E-state index contributed by atoms with van der Waals surface area (Å²) >= 11 is 0. The van der Waals surface area contributed by atoms with Crippen molar-refractivity contribution >= 4 is 10.8 Å². The summed E-state index contributed by atoms with van der Waals surface area (Å²) in [6.07, 6.45) is 1.00. The first-order valence-corrected chi connectivity index (χ1v) is 7.48. The van der Waals surface area contributed by atoms with E-state index < -0.39 is 0 Å². The highest BCUT2D eigenvalue weighted by Gasteiger charge is 2.10. The van der Waals surface area contributed by atoms with Gasteiger partial charge in [-0.2, -0.15) is 0 Å². The Hall–Kier alpha value is -2.12. The van der Waals surface area contributed by atoms with Gasteiger partial charge in [0.25, 0.3) is 0 Å². The van der Waals surface area contributed by atoms with Gasteiger partial charge in [0.2, 0.25) is 0 Å². The minimum absolute atomic E-state index is 0.353. The predicted octanol–water partition coefficient (Wildman–Crippen LogP) is 4.65. The molecule has 1 unspecified atom stereocenters. The smallest absolute Gasteiger partial charge is 0.0358 e. The van der Waals surface area contributed by atoms with Crippen LogP contribution in [0.25, 0.3) is 10.8 Å². The van der Waals surface area contributed by atoms with Crippen LogP contribution in [0.4, 0.5) is 0 Å². The first kappa shape index (κ1) is 13.8. The summed E-state index contributed by atoms with van der Waals surface area (Å²) in [6, 6.07) is 24.4. The van der Waals surface area contributed by atoms with E-state index >= 15 is 0 Å². The van der Waals surface area contributed by atoms with Crippen LogP contribution in [0.15, 0.2) is 66.7 Å². The maximum atomic E-state index is 3.44. The third kappa shape index (κ3) is 3.14. The highest BCUT2D eigenvalue weighted by molar-refractivity contribution is 5.83. The molecule has 0 fully saturated rings. The molecule has 0 amide bonds. The van der Waals surface area contributed by atoms with E-state index in [4.69, 9.17) is 0 Å². The van der Waals surface area contributed by atoms with E-state index in [0.717, 1.165) is 6.42 Å². The second-order valence-electron chi connectivity index (χ2n) is 5.64. The molecule has 1 atom stereocenters. The van der Waals surface area contributed by atoms with E-state index in [-0.39, 0.29) is 0 Å². The molecular formula is C20H21N. The second-order valence-corrected chi connectivity index (χ2v) is 5.64. The summed E-state index contributed by atoms with van der Waals surface area (Å²) in [6.45, 7) is 2.15. The molecular weight excluding hydrogens is 254 g/mol. The molecule has 0 saturated heterocycles. The quantitative estimate of drug-likeness (QED) is 0.730. The summed E-state index contributed by atoms with van der Waals surface area (Å²) in [4.78, 5) is 0. The molecule has 3 aromatic carbocycles. The minimum Gasteiger partial charge on any atom is -0.313 e. The van der Waals surface area contributed by atoms with Gasteiger partial charge in [-0.1, -0.05) is 72.3 Å². The number of hydrogen-bond acceptors (Lipinski definition) is 1. The van der Waals surface area contributed by atoms with Crippen LogP contribution in [0, 0.1) is 6.92 Å². The molecule has 3 rings (SSSR count). The largest absolute Gasteiger partial charge is 0.313 e. The molecule has 1 heteroatoms. The predicted molar refractivity (Wildman–Crippen MR) is 90.6 cm³/mol. The molecule has 0 aliphatic carbocycles. The van der Waals surface area contributed by atoms with Crippen LogP contribution in [-0.2, 0) is 6.42 Å². The van der Waals surface area contributed by atoms with Crippen LogP contribution in [0.3, 0.4) is 0 Å². The Balaban J connectivity index is 1.88. The highest BCUT2D eigenvalue weighted by atomic mass is 14.9. The van der Waals surface area contributed by atoms with Crippen molar-refractivity contribution in [3.05, 3.63) is 83.4 Å². The summed E-state index contributed by atoms with van der Waals surface area (Å²) < 4.78 is 0. The zero-order valence-corrected chi connectivity index (χ0v) is 12.6. The fourth-order valence-electron chi connectivity index (χ4n) is 2.87. The first-order valence-electron chi connectivity index (χ1n) is 7.48. The number of nitrogens with one attached hydrogen (secondary N) is 1. The van der Waals surface area contributed by atoms with Crippen molar-refractivity contribution in [3.8, 4) is 0 Å². The summed E-state index contributed by atoms with van der Waals surface area (Å²) in [5.41, 5.74) is 4.03. The fraction of sp³-hybridized carbons (Fsp3) is 0.200. The van der Waals surface area contributed by atoms with Gasteiger partial charge < -0.3 is 5.32 Å². The highest BCUT2D eigenvalue weighted by Crippen LogP contribution is 2.22. The average Bonchev–Trinajstić information content (AvgIpc) is 2.52. The van der Waals surface area contributed by atoms with E-state index in [0.29, 0.717) is 6.04 Å². The zero-order chi connectivity index (χ0) is 14.7. The van der Waals surface area contributed by atoms with E-state index in [1.807, 2.05) is 7.05 Å². The zero-order valence-electron chi connectivity index (χ0n) is 12.6. The van der Waals surface area contributed by atoms with Gasteiger partial charge in [0.1, 0.15) is 0 Å². The Kier molecular flexibility index (Phi) is 4.03. The van der Waals surface area contributed by atoms with Crippen molar-refractivity contribution < 1.29 is 0 Å². The summed E-state index contributed by atoms with van der Waals surface area (Å²) in [5.74, 6) is 0. The van der Waals surface area contributed by atoms with Crippen LogP contribution in [-0.4, -0.2) is 7.05 Å². The maximum absolute atomic E-state index is 3.44. The maximum Gasteiger partial charge on any atom is 0.0358 e. The third-order valence-corrected chi connectivity index (χ3v) is 4.05. The molecule has 0 bridgehead atoms. The van der Waals surface area contributed by atoms with Crippen molar-refractivity contribution in [2.45, 2.75) is 19.4 Å². The van der Waals surface area contributed by atoms with E-state index in [1.165, 1.54) is 27.5 Å². The summed E-state index contributed by atoms with van der Waals surface area (Å²) in [5, 5.41) is 6.06. The molecule has 21 heavy (non-hydrogen) atoms. The lowest BCUT2D eigenvalue weighted by molar-refractivity contribution is 0.592. The lowest BCUT2D eigenvalue weighted by atomic mass is 9.96. The molecule has 0 aliphatic heterocycles. The van der Waals surface area contributed by atoms with Gasteiger partial charge in [0.05, 0.1) is 0 Å². The van der Waals surface area contributed by atoms with E-state index in [2.05, 4.69) is 79.0 Å². The minimum atomic E-state index is 0.353. The lowest BCUT2D eigenvalue weighted by Crippen LogP contribution is -2.18. The van der Waals surface area contributed by atoms with E-state index in [1.54, 1.807) is 0 Å². The number of aryl methyl sites for hydroxylation is 1. The van der Waals surface area contributed by atoms with Gasteiger partial charge in [0.15, 0.2) is 0 Å². The molecule has 0 spiro atoms. The number of benzene rings is 3. The molecule has 106 valence electrons. The van der Waals surface area contributed by atoms with Crippen LogP contribution >= 0.6 is 0 Å². The molecule has 3 aromatic rings. The standard InChI is InChI=1S/C20H21N/c1-15-6-5-9-19(12-15)20(21-2)14-16-10-11-17-7-3-4-8-18(17)13-16/h3-13,20-21H,14H2,1-2H3. The Labute approximate surface area is 126 Å². The van der Waals surface area contributed by atoms with Crippen molar-refractivity contribution in [3.63, 3.8) is 0 Å². The van der Waals surface area contributed by atoms with Crippen LogP contribution in [0.1, 0.15) is 22.7 Å².